The lowest BCUT2D eigenvalue weighted by Crippen LogP contribution is -2.09. The predicted molar refractivity (Wildman–Crippen MR) is 134 cm³/mol. The van der Waals surface area contributed by atoms with Gasteiger partial charge in [-0.05, 0) is 51.6 Å². The fourth-order valence-corrected chi connectivity index (χ4v) is 4.52. The lowest BCUT2D eigenvalue weighted by molar-refractivity contribution is 0.273. The average Bonchev–Trinajstić information content (AvgIpc) is 2.86. The van der Waals surface area contributed by atoms with Crippen molar-refractivity contribution in [2.24, 2.45) is 5.73 Å². The third kappa shape index (κ3) is 5.31. The van der Waals surface area contributed by atoms with Crippen LogP contribution in [0.25, 0.3) is 21.9 Å². The van der Waals surface area contributed by atoms with E-state index in [4.69, 9.17) is 5.73 Å². The molecule has 0 bridgehead atoms. The topological polar surface area (TPSA) is 26.0 Å². The normalized spacial score (nSPS) is 13.2. The number of rotatable bonds is 9. The van der Waals surface area contributed by atoms with Gasteiger partial charge in [-0.3, -0.25) is 0 Å². The molecule has 0 radical (unpaired) electrons. The standard InChI is InChI=1S/C30H31F2N/c1-2-3-4-9-28(30(32)26-15-14-22-7-5-6-8-24(22)18-26)25-16-17-27(29(31)19-25)23-12-10-21(20-33)11-13-23/h5-8,10-19,28,30H,2-4,9,20,33H2,1H3. The Balaban J connectivity index is 1.65. The van der Waals surface area contributed by atoms with Crippen LogP contribution in [0.15, 0.2) is 84.9 Å². The van der Waals surface area contributed by atoms with Gasteiger partial charge in [0.15, 0.2) is 0 Å². The first kappa shape index (κ1) is 23.1. The number of halogens is 2. The van der Waals surface area contributed by atoms with Gasteiger partial charge in [-0.2, -0.15) is 0 Å². The second kappa shape index (κ2) is 10.7. The van der Waals surface area contributed by atoms with E-state index in [9.17, 15) is 0 Å². The number of nitrogens with two attached hydrogens (primary N) is 1. The molecule has 4 aromatic rings. The molecule has 0 aliphatic carbocycles. The van der Waals surface area contributed by atoms with Crippen molar-refractivity contribution < 1.29 is 8.78 Å². The van der Waals surface area contributed by atoms with Crippen molar-refractivity contribution in [3.8, 4) is 11.1 Å². The van der Waals surface area contributed by atoms with Gasteiger partial charge in [0, 0.05) is 18.0 Å². The summed E-state index contributed by atoms with van der Waals surface area (Å²) in [5.74, 6) is -0.708. The Hall–Kier alpha value is -3.04. The smallest absolute Gasteiger partial charge is 0.132 e. The van der Waals surface area contributed by atoms with Crippen LogP contribution in [0.4, 0.5) is 8.78 Å². The third-order valence-electron chi connectivity index (χ3n) is 6.49. The molecule has 0 fully saturated rings. The van der Waals surface area contributed by atoms with Crippen molar-refractivity contribution in [1.29, 1.82) is 0 Å². The van der Waals surface area contributed by atoms with Crippen molar-refractivity contribution in [2.75, 3.05) is 0 Å². The monoisotopic (exact) mass is 443 g/mol. The largest absolute Gasteiger partial charge is 0.326 e. The van der Waals surface area contributed by atoms with Gasteiger partial charge in [0.1, 0.15) is 12.0 Å². The highest BCUT2D eigenvalue weighted by molar-refractivity contribution is 5.83. The first-order valence-electron chi connectivity index (χ1n) is 11.8. The van der Waals surface area contributed by atoms with Crippen LogP contribution in [0.2, 0.25) is 0 Å². The molecule has 0 saturated carbocycles. The molecule has 2 unspecified atom stereocenters. The summed E-state index contributed by atoms with van der Waals surface area (Å²) in [6.45, 7) is 2.59. The Morgan fingerprint density at radius 2 is 1.52 bits per heavy atom. The van der Waals surface area contributed by atoms with E-state index in [-0.39, 0.29) is 11.7 Å². The lowest BCUT2D eigenvalue weighted by atomic mass is 9.84. The van der Waals surface area contributed by atoms with Crippen molar-refractivity contribution in [3.05, 3.63) is 107 Å². The number of fused-ring (bicyclic) bond motifs is 1. The number of benzene rings is 4. The third-order valence-corrected chi connectivity index (χ3v) is 6.49. The van der Waals surface area contributed by atoms with Crippen LogP contribution in [0, 0.1) is 5.82 Å². The minimum absolute atomic E-state index is 0.320. The molecule has 1 nitrogen and oxygen atoms in total. The lowest BCUT2D eigenvalue weighted by Gasteiger charge is -2.23. The zero-order valence-electron chi connectivity index (χ0n) is 19.1. The van der Waals surface area contributed by atoms with Gasteiger partial charge in [-0.25, -0.2) is 8.78 Å². The second-order valence-corrected chi connectivity index (χ2v) is 8.75. The minimum Gasteiger partial charge on any atom is -0.326 e. The summed E-state index contributed by atoms with van der Waals surface area (Å²) in [5.41, 5.74) is 9.36. The van der Waals surface area contributed by atoms with Crippen LogP contribution < -0.4 is 5.73 Å². The molecule has 33 heavy (non-hydrogen) atoms. The number of alkyl halides is 1. The quantitative estimate of drug-likeness (QED) is 0.258. The molecule has 2 atom stereocenters. The molecule has 4 aromatic carbocycles. The molecule has 170 valence electrons. The second-order valence-electron chi connectivity index (χ2n) is 8.75. The highest BCUT2D eigenvalue weighted by atomic mass is 19.1. The maximum absolute atomic E-state index is 15.9. The van der Waals surface area contributed by atoms with Gasteiger partial charge in [-0.1, -0.05) is 99.0 Å². The summed E-state index contributed by atoms with van der Waals surface area (Å²) in [7, 11) is 0. The molecule has 0 spiro atoms. The van der Waals surface area contributed by atoms with Gasteiger partial charge < -0.3 is 5.73 Å². The fraction of sp³-hybridized carbons (Fsp3) is 0.267. The van der Waals surface area contributed by atoms with E-state index >= 15 is 8.78 Å². The van der Waals surface area contributed by atoms with E-state index in [0.29, 0.717) is 29.7 Å². The molecule has 4 rings (SSSR count). The summed E-state index contributed by atoms with van der Waals surface area (Å²) < 4.78 is 31.1. The summed E-state index contributed by atoms with van der Waals surface area (Å²) >= 11 is 0. The van der Waals surface area contributed by atoms with Crippen molar-refractivity contribution in [2.45, 2.75) is 51.2 Å². The van der Waals surface area contributed by atoms with Gasteiger partial charge in [0.2, 0.25) is 0 Å². The summed E-state index contributed by atoms with van der Waals surface area (Å²) in [5, 5.41) is 2.11. The molecule has 2 N–H and O–H groups in total. The SMILES string of the molecule is CCCCCC(c1ccc(-c2ccc(CN)cc2)c(F)c1)C(F)c1ccc2ccccc2c1. The van der Waals surface area contributed by atoms with Crippen LogP contribution in [0.3, 0.4) is 0 Å². The van der Waals surface area contributed by atoms with Crippen LogP contribution in [-0.4, -0.2) is 0 Å². The van der Waals surface area contributed by atoms with E-state index in [0.717, 1.165) is 41.2 Å². The van der Waals surface area contributed by atoms with Crippen molar-refractivity contribution >= 4 is 10.8 Å². The van der Waals surface area contributed by atoms with Crippen LogP contribution in [0.5, 0.6) is 0 Å². The van der Waals surface area contributed by atoms with Gasteiger partial charge in [0.05, 0.1) is 0 Å². The molecule has 0 heterocycles. The molecule has 0 saturated heterocycles. The van der Waals surface area contributed by atoms with E-state index in [1.54, 1.807) is 6.07 Å². The Morgan fingerprint density at radius 1 is 0.788 bits per heavy atom. The van der Waals surface area contributed by atoms with Crippen molar-refractivity contribution in [1.82, 2.24) is 0 Å². The number of hydrogen-bond donors (Lipinski definition) is 1. The molecule has 0 aromatic heterocycles. The van der Waals surface area contributed by atoms with Crippen molar-refractivity contribution in [3.63, 3.8) is 0 Å². The average molecular weight is 444 g/mol. The molecule has 0 aliphatic heterocycles. The summed E-state index contributed by atoms with van der Waals surface area (Å²) in [6.07, 6.45) is 2.51. The maximum Gasteiger partial charge on any atom is 0.132 e. The fourth-order valence-electron chi connectivity index (χ4n) is 4.52. The highest BCUT2D eigenvalue weighted by Gasteiger charge is 2.25. The maximum atomic E-state index is 15.9. The van der Waals surface area contributed by atoms with Gasteiger partial charge >= 0.3 is 0 Å². The van der Waals surface area contributed by atoms with E-state index in [2.05, 4.69) is 6.92 Å². The molecule has 0 amide bonds. The van der Waals surface area contributed by atoms with Gasteiger partial charge in [-0.15, -0.1) is 0 Å². The highest BCUT2D eigenvalue weighted by Crippen LogP contribution is 2.40. The van der Waals surface area contributed by atoms with E-state index < -0.39 is 6.17 Å². The Kier molecular flexibility index (Phi) is 7.51. The van der Waals surface area contributed by atoms with Crippen LogP contribution in [0.1, 0.15) is 61.4 Å². The minimum atomic E-state index is -1.19. The predicted octanol–water partition coefficient (Wildman–Crippen LogP) is 8.48. The molecule has 3 heteroatoms. The Morgan fingerprint density at radius 3 is 2.21 bits per heavy atom. The molecular formula is C30H31F2N. The summed E-state index contributed by atoms with van der Waals surface area (Å²) in [4.78, 5) is 0. The number of unbranched alkanes of at least 4 members (excludes halogenated alkanes) is 2. The zero-order valence-corrected chi connectivity index (χ0v) is 19.1. The first-order valence-corrected chi connectivity index (χ1v) is 11.8. The zero-order chi connectivity index (χ0) is 23.2. The van der Waals surface area contributed by atoms with Gasteiger partial charge in [0.25, 0.3) is 0 Å². The number of hydrogen-bond acceptors (Lipinski definition) is 1. The van der Waals surface area contributed by atoms with E-state index in [1.807, 2.05) is 72.8 Å². The molecule has 0 aliphatic rings. The summed E-state index contributed by atoms with van der Waals surface area (Å²) in [6, 6.07) is 26.5. The van der Waals surface area contributed by atoms with E-state index in [1.165, 1.54) is 6.07 Å². The first-order chi connectivity index (χ1) is 16.1. The van der Waals surface area contributed by atoms with Crippen LogP contribution >= 0.6 is 0 Å². The van der Waals surface area contributed by atoms with Crippen LogP contribution in [-0.2, 0) is 6.54 Å². The Bertz CT molecular complexity index is 1200. The Labute approximate surface area is 195 Å². The molecular weight excluding hydrogens is 412 g/mol.